The molecule has 1 aromatic carbocycles. The van der Waals surface area contributed by atoms with Crippen LogP contribution in [0, 0.1) is 11.6 Å². The molecule has 1 aliphatic rings. The molecule has 0 N–H and O–H groups in total. The lowest BCUT2D eigenvalue weighted by molar-refractivity contribution is -0.0303. The van der Waals surface area contributed by atoms with Gasteiger partial charge in [0.15, 0.2) is 11.6 Å². The molecule has 1 fully saturated rings. The molecule has 23 heavy (non-hydrogen) atoms. The molecular weight excluding hydrogens is 318 g/mol. The first-order valence-corrected chi connectivity index (χ1v) is 10.1. The lowest BCUT2D eigenvalue weighted by atomic mass is 9.85. The Balaban J connectivity index is 2.56. The van der Waals surface area contributed by atoms with E-state index in [4.69, 9.17) is 13.6 Å². The number of halogens is 2. The summed E-state index contributed by atoms with van der Waals surface area (Å²) in [6.07, 6.45) is 3.43. The molecule has 0 aromatic heterocycles. The maximum absolute atomic E-state index is 13.8. The first-order valence-electron chi connectivity index (χ1n) is 8.10. The smallest absolute Gasteiger partial charge is 0.371 e. The Morgan fingerprint density at radius 3 is 2.39 bits per heavy atom. The van der Waals surface area contributed by atoms with Crippen molar-refractivity contribution in [3.8, 4) is 0 Å². The summed E-state index contributed by atoms with van der Waals surface area (Å²) in [5.41, 5.74) is 0.755. The van der Waals surface area contributed by atoms with Gasteiger partial charge < -0.3 is 13.6 Å². The highest BCUT2D eigenvalue weighted by atomic mass is 28.4. The largest absolute Gasteiger partial charge is 0.396 e. The van der Waals surface area contributed by atoms with Crippen LogP contribution in [0.4, 0.5) is 8.78 Å². The second-order valence-electron chi connectivity index (χ2n) is 6.12. The predicted octanol–water partition coefficient (Wildman–Crippen LogP) is 4.30. The fourth-order valence-corrected chi connectivity index (χ4v) is 8.33. The molecule has 2 atom stereocenters. The van der Waals surface area contributed by atoms with E-state index >= 15 is 0 Å². The molecule has 1 heterocycles. The summed E-state index contributed by atoms with van der Waals surface area (Å²) < 4.78 is 45.0. The van der Waals surface area contributed by atoms with E-state index in [1.807, 2.05) is 0 Å². The SMILES string of the molecule is CCCC1(OC)C(c2ccc(F)c(F)c2)CCC[Si]1(OC)OC. The predicted molar refractivity (Wildman–Crippen MR) is 87.6 cm³/mol. The van der Waals surface area contributed by atoms with Gasteiger partial charge in [-0.25, -0.2) is 8.78 Å². The Labute approximate surface area is 138 Å². The molecule has 130 valence electrons. The van der Waals surface area contributed by atoms with Crippen LogP contribution in [0.3, 0.4) is 0 Å². The minimum absolute atomic E-state index is 0.0668. The summed E-state index contributed by atoms with van der Waals surface area (Å²) in [4.78, 5) is 0. The molecule has 2 rings (SSSR count). The molecule has 1 saturated heterocycles. The van der Waals surface area contributed by atoms with Gasteiger partial charge in [-0.1, -0.05) is 25.8 Å². The van der Waals surface area contributed by atoms with Gasteiger partial charge in [-0.2, -0.15) is 0 Å². The van der Waals surface area contributed by atoms with Gasteiger partial charge in [0.05, 0.1) is 0 Å². The Bertz CT molecular complexity index is 537. The van der Waals surface area contributed by atoms with Gasteiger partial charge in [0.25, 0.3) is 0 Å². The highest BCUT2D eigenvalue weighted by Gasteiger charge is 2.63. The zero-order valence-electron chi connectivity index (χ0n) is 14.3. The second kappa shape index (κ2) is 7.38. The van der Waals surface area contributed by atoms with Crippen LogP contribution in [-0.2, 0) is 13.6 Å². The van der Waals surface area contributed by atoms with Crippen molar-refractivity contribution < 1.29 is 22.4 Å². The van der Waals surface area contributed by atoms with Gasteiger partial charge in [0.1, 0.15) is 5.22 Å². The van der Waals surface area contributed by atoms with Gasteiger partial charge in [-0.3, -0.25) is 0 Å². The molecule has 0 aliphatic carbocycles. The number of hydrogen-bond donors (Lipinski definition) is 0. The van der Waals surface area contributed by atoms with Crippen molar-refractivity contribution in [1.82, 2.24) is 0 Å². The second-order valence-corrected chi connectivity index (χ2v) is 9.79. The molecule has 0 saturated carbocycles. The lowest BCUT2D eigenvalue weighted by Crippen LogP contribution is -2.67. The quantitative estimate of drug-likeness (QED) is 0.720. The van der Waals surface area contributed by atoms with E-state index in [-0.39, 0.29) is 5.92 Å². The summed E-state index contributed by atoms with van der Waals surface area (Å²) in [7, 11) is 2.37. The first kappa shape index (κ1) is 18.5. The van der Waals surface area contributed by atoms with E-state index in [0.717, 1.165) is 37.3 Å². The van der Waals surface area contributed by atoms with Crippen LogP contribution in [0.1, 0.15) is 44.1 Å². The van der Waals surface area contributed by atoms with Crippen molar-refractivity contribution in [3.63, 3.8) is 0 Å². The van der Waals surface area contributed by atoms with Gasteiger partial charge in [-0.15, -0.1) is 0 Å². The van der Waals surface area contributed by atoms with E-state index < -0.39 is 25.4 Å². The van der Waals surface area contributed by atoms with E-state index in [1.165, 1.54) is 12.1 Å². The Hall–Kier alpha value is -0.823. The fourth-order valence-electron chi connectivity index (χ4n) is 4.18. The molecule has 1 aromatic rings. The van der Waals surface area contributed by atoms with Crippen molar-refractivity contribution in [3.05, 3.63) is 35.4 Å². The van der Waals surface area contributed by atoms with E-state index in [9.17, 15) is 8.78 Å². The standard InChI is InChI=1S/C17H26F2O3Si/c1-5-10-17(20-2)14(7-6-11-23(17,21-3)22-4)13-8-9-15(18)16(19)12-13/h8-9,12,14H,5-7,10-11H2,1-4H3. The summed E-state index contributed by atoms with van der Waals surface area (Å²) >= 11 is 0. The van der Waals surface area contributed by atoms with Gasteiger partial charge in [0, 0.05) is 27.2 Å². The Morgan fingerprint density at radius 1 is 1.17 bits per heavy atom. The normalized spacial score (nSPS) is 27.1. The van der Waals surface area contributed by atoms with Gasteiger partial charge in [-0.05, 0) is 36.6 Å². The summed E-state index contributed by atoms with van der Waals surface area (Å²) in [5.74, 6) is -1.72. The highest BCUT2D eigenvalue weighted by molar-refractivity contribution is 6.71. The molecule has 0 spiro atoms. The summed E-state index contributed by atoms with van der Waals surface area (Å²) in [5, 5.41) is -0.603. The van der Waals surface area contributed by atoms with Crippen LogP contribution in [0.25, 0.3) is 0 Å². The van der Waals surface area contributed by atoms with E-state index in [0.29, 0.717) is 0 Å². The third kappa shape index (κ3) is 2.97. The van der Waals surface area contributed by atoms with E-state index in [1.54, 1.807) is 27.4 Å². The zero-order valence-corrected chi connectivity index (χ0v) is 15.3. The van der Waals surface area contributed by atoms with Crippen LogP contribution in [0.2, 0.25) is 6.04 Å². The minimum atomic E-state index is -2.65. The topological polar surface area (TPSA) is 27.7 Å². The van der Waals surface area contributed by atoms with Crippen molar-refractivity contribution in [2.24, 2.45) is 0 Å². The van der Waals surface area contributed by atoms with E-state index in [2.05, 4.69) is 6.92 Å². The fraction of sp³-hybridized carbons (Fsp3) is 0.647. The molecule has 6 heteroatoms. The van der Waals surface area contributed by atoms with Crippen molar-refractivity contribution in [2.45, 2.75) is 49.8 Å². The van der Waals surface area contributed by atoms with Gasteiger partial charge >= 0.3 is 8.56 Å². The first-order chi connectivity index (χ1) is 11.0. The summed E-state index contributed by atoms with van der Waals surface area (Å²) in [6, 6.07) is 4.98. The highest BCUT2D eigenvalue weighted by Crippen LogP contribution is 2.51. The van der Waals surface area contributed by atoms with Gasteiger partial charge in [0.2, 0.25) is 0 Å². The molecule has 0 radical (unpaired) electrons. The van der Waals surface area contributed by atoms with Crippen LogP contribution in [0.15, 0.2) is 18.2 Å². The molecule has 0 bridgehead atoms. The lowest BCUT2D eigenvalue weighted by Gasteiger charge is -2.52. The molecule has 3 nitrogen and oxygen atoms in total. The number of ether oxygens (including phenoxy) is 1. The Morgan fingerprint density at radius 2 is 1.87 bits per heavy atom. The van der Waals surface area contributed by atoms with Crippen LogP contribution < -0.4 is 0 Å². The molecule has 2 unspecified atom stereocenters. The van der Waals surface area contributed by atoms with Crippen molar-refractivity contribution in [1.29, 1.82) is 0 Å². The maximum atomic E-state index is 13.8. The monoisotopic (exact) mass is 344 g/mol. The van der Waals surface area contributed by atoms with Crippen molar-refractivity contribution in [2.75, 3.05) is 21.3 Å². The minimum Gasteiger partial charge on any atom is -0.396 e. The third-order valence-corrected chi connectivity index (χ3v) is 9.62. The molecule has 1 aliphatic heterocycles. The average molecular weight is 344 g/mol. The molecule has 0 amide bonds. The number of hydrogen-bond acceptors (Lipinski definition) is 3. The third-order valence-electron chi connectivity index (χ3n) is 5.20. The van der Waals surface area contributed by atoms with Crippen LogP contribution in [-0.4, -0.2) is 35.1 Å². The van der Waals surface area contributed by atoms with Crippen LogP contribution in [0.5, 0.6) is 0 Å². The summed E-state index contributed by atoms with van der Waals surface area (Å²) in [6.45, 7) is 2.09. The maximum Gasteiger partial charge on any atom is 0.371 e. The number of benzene rings is 1. The Kier molecular flexibility index (Phi) is 5.94. The molecular formula is C17H26F2O3Si. The zero-order chi connectivity index (χ0) is 17.1. The number of rotatable bonds is 6. The average Bonchev–Trinajstić information content (AvgIpc) is 2.57. The van der Waals surface area contributed by atoms with Crippen LogP contribution >= 0.6 is 0 Å². The van der Waals surface area contributed by atoms with Crippen molar-refractivity contribution >= 4 is 8.56 Å². The number of methoxy groups -OCH3 is 1.